The number of para-hydroxylation sites is 2. The molecular weight excluding hydrogens is 417 g/mol. The number of alkyl halides is 3. The Labute approximate surface area is 176 Å². The maximum Gasteiger partial charge on any atom is 0.471 e. The van der Waals surface area contributed by atoms with Crippen LogP contribution < -0.4 is 15.0 Å². The first-order valence-electron chi connectivity index (χ1n) is 9.79. The number of amides is 2. The number of benzene rings is 1. The molecule has 0 radical (unpaired) electrons. The smallest absolute Gasteiger partial charge is 0.471 e. The maximum atomic E-state index is 13.6. The molecular formula is C21H23F3N2O3S. The lowest BCUT2D eigenvalue weighted by atomic mass is 10.1. The quantitative estimate of drug-likeness (QED) is 0.670. The van der Waals surface area contributed by atoms with Gasteiger partial charge in [0, 0.05) is 10.9 Å². The van der Waals surface area contributed by atoms with Crippen molar-refractivity contribution in [1.29, 1.82) is 0 Å². The van der Waals surface area contributed by atoms with Gasteiger partial charge in [-0.2, -0.15) is 13.2 Å². The van der Waals surface area contributed by atoms with E-state index in [1.165, 1.54) is 18.2 Å². The Bertz CT molecular complexity index is 865. The summed E-state index contributed by atoms with van der Waals surface area (Å²) in [7, 11) is 0. The van der Waals surface area contributed by atoms with Crippen molar-refractivity contribution >= 4 is 28.8 Å². The maximum absolute atomic E-state index is 13.6. The van der Waals surface area contributed by atoms with E-state index in [0.29, 0.717) is 9.78 Å². The van der Waals surface area contributed by atoms with E-state index in [2.05, 4.69) is 5.32 Å². The van der Waals surface area contributed by atoms with Gasteiger partial charge >= 0.3 is 12.1 Å². The van der Waals surface area contributed by atoms with E-state index in [0.717, 1.165) is 37.0 Å². The van der Waals surface area contributed by atoms with Crippen molar-refractivity contribution in [2.75, 3.05) is 11.5 Å². The highest BCUT2D eigenvalue weighted by atomic mass is 32.1. The minimum atomic E-state index is -5.16. The number of nitrogens with one attached hydrogen (secondary N) is 1. The van der Waals surface area contributed by atoms with Crippen molar-refractivity contribution in [2.24, 2.45) is 0 Å². The largest absolute Gasteiger partial charge is 0.492 e. The van der Waals surface area contributed by atoms with Crippen LogP contribution in [0, 0.1) is 0 Å². The molecule has 1 aliphatic rings. The van der Waals surface area contributed by atoms with Crippen LogP contribution in [0.1, 0.15) is 43.5 Å². The summed E-state index contributed by atoms with van der Waals surface area (Å²) < 4.78 is 46.3. The standard InChI is InChI=1S/C21H23F3N2O3S/c1-2-29-16-11-6-5-10-15(16)26(20(28)21(22,23)24)18(17-12-7-13-30-17)19(27)25-14-8-3-4-9-14/h5-7,10-14,18H,2-4,8-9H2,1H3,(H,25,27). The molecule has 1 N–H and O–H groups in total. The van der Waals surface area contributed by atoms with Gasteiger partial charge in [0.2, 0.25) is 5.91 Å². The van der Waals surface area contributed by atoms with Gasteiger partial charge in [0.15, 0.2) is 6.04 Å². The molecule has 2 amide bonds. The van der Waals surface area contributed by atoms with Crippen molar-refractivity contribution in [1.82, 2.24) is 5.32 Å². The summed E-state index contributed by atoms with van der Waals surface area (Å²) in [6.07, 6.45) is -1.72. The Balaban J connectivity index is 2.09. The van der Waals surface area contributed by atoms with Crippen LogP contribution in [0.2, 0.25) is 0 Å². The second-order valence-electron chi connectivity index (χ2n) is 6.98. The summed E-state index contributed by atoms with van der Waals surface area (Å²) in [6, 6.07) is 7.59. The third-order valence-corrected chi connectivity index (χ3v) is 5.83. The van der Waals surface area contributed by atoms with Crippen LogP contribution in [-0.2, 0) is 9.59 Å². The Hall–Kier alpha value is -2.55. The van der Waals surface area contributed by atoms with E-state index >= 15 is 0 Å². The number of carbonyl (C=O) groups is 2. The molecule has 1 fully saturated rings. The van der Waals surface area contributed by atoms with Crippen molar-refractivity contribution in [3.05, 3.63) is 46.7 Å². The van der Waals surface area contributed by atoms with Gasteiger partial charge in [-0.1, -0.05) is 31.0 Å². The fourth-order valence-corrected chi connectivity index (χ4v) is 4.42. The molecule has 0 spiro atoms. The average molecular weight is 440 g/mol. The predicted octanol–water partition coefficient (Wildman–Crippen LogP) is 4.84. The first-order chi connectivity index (χ1) is 14.3. The number of carbonyl (C=O) groups excluding carboxylic acids is 2. The van der Waals surface area contributed by atoms with Gasteiger partial charge in [-0.05, 0) is 43.3 Å². The van der Waals surface area contributed by atoms with Gasteiger partial charge in [-0.25, -0.2) is 0 Å². The molecule has 3 rings (SSSR count). The lowest BCUT2D eigenvalue weighted by Gasteiger charge is -2.32. The van der Waals surface area contributed by atoms with E-state index in [1.54, 1.807) is 30.5 Å². The number of thiophene rings is 1. The third-order valence-electron chi connectivity index (χ3n) is 4.91. The zero-order valence-electron chi connectivity index (χ0n) is 16.4. The molecule has 1 heterocycles. The molecule has 1 saturated carbocycles. The van der Waals surface area contributed by atoms with Crippen LogP contribution in [0.15, 0.2) is 41.8 Å². The van der Waals surface area contributed by atoms with Gasteiger partial charge < -0.3 is 10.1 Å². The van der Waals surface area contributed by atoms with Crippen LogP contribution in [0.25, 0.3) is 0 Å². The van der Waals surface area contributed by atoms with Gasteiger partial charge in [-0.3, -0.25) is 14.5 Å². The number of nitrogens with zero attached hydrogens (tertiary/aromatic N) is 1. The average Bonchev–Trinajstić information content (AvgIpc) is 3.40. The summed E-state index contributed by atoms with van der Waals surface area (Å²) in [4.78, 5) is 26.6. The topological polar surface area (TPSA) is 58.6 Å². The Morgan fingerprint density at radius 2 is 1.90 bits per heavy atom. The molecule has 1 aromatic carbocycles. The summed E-state index contributed by atoms with van der Waals surface area (Å²) in [5.41, 5.74) is -0.0957. The van der Waals surface area contributed by atoms with Crippen LogP contribution in [0.3, 0.4) is 0 Å². The SMILES string of the molecule is CCOc1ccccc1N(C(=O)C(F)(F)F)C(C(=O)NC1CCCC1)c1cccs1. The minimum absolute atomic E-state index is 0.0957. The zero-order chi connectivity index (χ0) is 21.7. The molecule has 1 aromatic heterocycles. The van der Waals surface area contributed by atoms with E-state index in [1.807, 2.05) is 0 Å². The first-order valence-corrected chi connectivity index (χ1v) is 10.7. The molecule has 0 bridgehead atoms. The molecule has 30 heavy (non-hydrogen) atoms. The second-order valence-corrected chi connectivity index (χ2v) is 7.96. The predicted molar refractivity (Wildman–Crippen MR) is 109 cm³/mol. The number of hydrogen-bond acceptors (Lipinski definition) is 4. The number of hydrogen-bond donors (Lipinski definition) is 1. The summed E-state index contributed by atoms with van der Waals surface area (Å²) in [6.45, 7) is 1.89. The number of rotatable bonds is 7. The highest BCUT2D eigenvalue weighted by Gasteiger charge is 2.48. The third kappa shape index (κ3) is 4.95. The van der Waals surface area contributed by atoms with E-state index in [-0.39, 0.29) is 24.1 Å². The van der Waals surface area contributed by atoms with Gasteiger partial charge in [0.05, 0.1) is 12.3 Å². The first kappa shape index (κ1) is 22.1. The normalized spacial score (nSPS) is 15.6. The summed E-state index contributed by atoms with van der Waals surface area (Å²) >= 11 is 1.12. The fourth-order valence-electron chi connectivity index (χ4n) is 3.61. The van der Waals surface area contributed by atoms with E-state index in [9.17, 15) is 22.8 Å². The van der Waals surface area contributed by atoms with E-state index in [4.69, 9.17) is 4.74 Å². The van der Waals surface area contributed by atoms with Crippen molar-refractivity contribution in [2.45, 2.75) is 50.9 Å². The summed E-state index contributed by atoms with van der Waals surface area (Å²) in [5.74, 6) is -2.64. The summed E-state index contributed by atoms with van der Waals surface area (Å²) in [5, 5.41) is 4.50. The molecule has 1 atom stereocenters. The van der Waals surface area contributed by atoms with Crippen molar-refractivity contribution < 1.29 is 27.5 Å². The van der Waals surface area contributed by atoms with Crippen LogP contribution in [-0.4, -0.2) is 30.6 Å². The number of ether oxygens (including phenoxy) is 1. The van der Waals surface area contributed by atoms with Crippen LogP contribution >= 0.6 is 11.3 Å². The Morgan fingerprint density at radius 1 is 1.20 bits per heavy atom. The molecule has 9 heteroatoms. The number of anilines is 1. The zero-order valence-corrected chi connectivity index (χ0v) is 17.3. The lowest BCUT2D eigenvalue weighted by Crippen LogP contribution is -2.50. The molecule has 1 aliphatic carbocycles. The molecule has 5 nitrogen and oxygen atoms in total. The monoisotopic (exact) mass is 440 g/mol. The Morgan fingerprint density at radius 3 is 2.50 bits per heavy atom. The van der Waals surface area contributed by atoms with Gasteiger partial charge in [0.25, 0.3) is 0 Å². The van der Waals surface area contributed by atoms with Gasteiger partial charge in [-0.15, -0.1) is 11.3 Å². The molecule has 2 aromatic rings. The van der Waals surface area contributed by atoms with Crippen molar-refractivity contribution in [3.63, 3.8) is 0 Å². The molecule has 1 unspecified atom stereocenters. The van der Waals surface area contributed by atoms with Crippen LogP contribution in [0.5, 0.6) is 5.75 Å². The number of halogens is 3. The lowest BCUT2D eigenvalue weighted by molar-refractivity contribution is -0.171. The second kappa shape index (κ2) is 9.51. The van der Waals surface area contributed by atoms with Crippen LogP contribution in [0.4, 0.5) is 18.9 Å². The van der Waals surface area contributed by atoms with E-state index < -0.39 is 24.0 Å². The van der Waals surface area contributed by atoms with Gasteiger partial charge in [0.1, 0.15) is 5.75 Å². The minimum Gasteiger partial charge on any atom is -0.492 e. The Kier molecular flexibility index (Phi) is 7.02. The fraction of sp³-hybridized carbons (Fsp3) is 0.429. The van der Waals surface area contributed by atoms with Crippen molar-refractivity contribution in [3.8, 4) is 5.75 Å². The molecule has 162 valence electrons. The highest BCUT2D eigenvalue weighted by molar-refractivity contribution is 7.10. The highest BCUT2D eigenvalue weighted by Crippen LogP contribution is 2.39. The molecule has 0 aliphatic heterocycles. The molecule has 0 saturated heterocycles.